The van der Waals surface area contributed by atoms with Gasteiger partial charge in [0.2, 0.25) is 0 Å². The fourth-order valence-electron chi connectivity index (χ4n) is 3.16. The summed E-state index contributed by atoms with van der Waals surface area (Å²) in [4.78, 5) is 2.41. The highest BCUT2D eigenvalue weighted by molar-refractivity contribution is 5.44. The van der Waals surface area contributed by atoms with Crippen LogP contribution in [0.5, 0.6) is 5.75 Å². The number of aliphatic hydroxyl groups is 1. The number of piperidine rings is 1. The van der Waals surface area contributed by atoms with Gasteiger partial charge in [0, 0.05) is 0 Å². The van der Waals surface area contributed by atoms with Crippen LogP contribution in [0.4, 0.5) is 0 Å². The molecule has 1 aromatic rings. The van der Waals surface area contributed by atoms with E-state index in [0.29, 0.717) is 0 Å². The lowest BCUT2D eigenvalue weighted by molar-refractivity contribution is 0.104. The van der Waals surface area contributed by atoms with Crippen molar-refractivity contribution in [2.75, 3.05) is 26.8 Å². The lowest BCUT2D eigenvalue weighted by Crippen LogP contribution is -2.35. The Morgan fingerprint density at radius 1 is 1.16 bits per heavy atom. The van der Waals surface area contributed by atoms with Gasteiger partial charge in [-0.1, -0.05) is 18.6 Å². The van der Waals surface area contributed by atoms with E-state index in [9.17, 15) is 5.11 Å². The molecule has 1 aliphatic rings. The van der Waals surface area contributed by atoms with Gasteiger partial charge in [-0.3, -0.25) is 4.90 Å². The van der Waals surface area contributed by atoms with Crippen LogP contribution in [0, 0.1) is 13.8 Å². The van der Waals surface area contributed by atoms with E-state index in [1.165, 1.54) is 24.8 Å². The summed E-state index contributed by atoms with van der Waals surface area (Å²) in [5, 5.41) is 9.77. The minimum atomic E-state index is 0.128. The first-order chi connectivity index (χ1) is 9.17. The fraction of sp³-hybridized carbons (Fsp3) is 0.625. The van der Waals surface area contributed by atoms with Crippen LogP contribution < -0.4 is 4.74 Å². The number of nitrogens with zero attached hydrogens (tertiary/aromatic N) is 1. The van der Waals surface area contributed by atoms with Gasteiger partial charge < -0.3 is 9.84 Å². The van der Waals surface area contributed by atoms with Gasteiger partial charge in [0.15, 0.2) is 0 Å². The summed E-state index contributed by atoms with van der Waals surface area (Å²) in [5.74, 6) is 0.957. The summed E-state index contributed by atoms with van der Waals surface area (Å²) in [6.07, 6.45) is 3.80. The first kappa shape index (κ1) is 14.4. The zero-order valence-electron chi connectivity index (χ0n) is 12.3. The van der Waals surface area contributed by atoms with Crippen molar-refractivity contribution in [3.63, 3.8) is 0 Å². The third kappa shape index (κ3) is 3.10. The summed E-state index contributed by atoms with van der Waals surface area (Å²) < 4.78 is 5.41. The van der Waals surface area contributed by atoms with Gasteiger partial charge in [-0.25, -0.2) is 0 Å². The van der Waals surface area contributed by atoms with Crippen molar-refractivity contribution < 1.29 is 9.84 Å². The monoisotopic (exact) mass is 263 g/mol. The first-order valence-electron chi connectivity index (χ1n) is 7.17. The summed E-state index contributed by atoms with van der Waals surface area (Å²) in [7, 11) is 1.71. The maximum absolute atomic E-state index is 9.77. The number of hydrogen-bond acceptors (Lipinski definition) is 3. The Morgan fingerprint density at radius 2 is 1.74 bits per heavy atom. The molecule has 0 amide bonds. The number of aryl methyl sites for hydroxylation is 2. The average molecular weight is 263 g/mol. The highest BCUT2D eigenvalue weighted by Gasteiger charge is 2.22. The molecule has 0 radical (unpaired) electrons. The van der Waals surface area contributed by atoms with Gasteiger partial charge in [0.1, 0.15) is 5.75 Å². The Kier molecular flexibility index (Phi) is 4.83. The quantitative estimate of drug-likeness (QED) is 0.906. The Balaban J connectivity index is 2.27. The molecule has 1 unspecified atom stereocenters. The van der Waals surface area contributed by atoms with Gasteiger partial charge in [-0.15, -0.1) is 0 Å². The summed E-state index contributed by atoms with van der Waals surface area (Å²) in [6.45, 7) is 6.51. The van der Waals surface area contributed by atoms with Crippen LogP contribution in [-0.2, 0) is 0 Å². The molecule has 0 saturated carbocycles. The molecule has 0 aliphatic carbocycles. The summed E-state index contributed by atoms with van der Waals surface area (Å²) in [6, 6.07) is 4.44. The molecule has 106 valence electrons. The molecule has 0 bridgehead atoms. The number of benzene rings is 1. The number of rotatable bonds is 4. The molecule has 3 nitrogen and oxygen atoms in total. The number of ether oxygens (including phenoxy) is 1. The van der Waals surface area contributed by atoms with Crippen LogP contribution in [0.3, 0.4) is 0 Å². The second-order valence-electron chi connectivity index (χ2n) is 5.48. The van der Waals surface area contributed by atoms with Crippen molar-refractivity contribution in [1.82, 2.24) is 4.90 Å². The van der Waals surface area contributed by atoms with Crippen LogP contribution >= 0.6 is 0 Å². The third-order valence-electron chi connectivity index (χ3n) is 4.08. The number of aliphatic hydroxyl groups excluding tert-OH is 1. The van der Waals surface area contributed by atoms with Crippen molar-refractivity contribution in [3.8, 4) is 5.75 Å². The molecular formula is C16H25NO2. The highest BCUT2D eigenvalue weighted by atomic mass is 16.5. The van der Waals surface area contributed by atoms with Crippen LogP contribution in [0.2, 0.25) is 0 Å². The largest absolute Gasteiger partial charge is 0.496 e. The molecule has 2 rings (SSSR count). The predicted molar refractivity (Wildman–Crippen MR) is 77.7 cm³/mol. The molecular weight excluding hydrogens is 238 g/mol. The van der Waals surface area contributed by atoms with Crippen molar-refractivity contribution >= 4 is 0 Å². The van der Waals surface area contributed by atoms with Gasteiger partial charge in [-0.05, 0) is 56.5 Å². The van der Waals surface area contributed by atoms with Gasteiger partial charge in [-0.2, -0.15) is 0 Å². The van der Waals surface area contributed by atoms with E-state index in [0.717, 1.165) is 30.0 Å². The molecule has 1 fully saturated rings. The van der Waals surface area contributed by atoms with Gasteiger partial charge in [0.05, 0.1) is 19.8 Å². The molecule has 1 atom stereocenters. The maximum atomic E-state index is 9.77. The molecule has 1 N–H and O–H groups in total. The molecule has 1 saturated heterocycles. The molecule has 3 heteroatoms. The van der Waals surface area contributed by atoms with Crippen molar-refractivity contribution in [2.45, 2.75) is 39.2 Å². The van der Waals surface area contributed by atoms with Gasteiger partial charge >= 0.3 is 0 Å². The summed E-state index contributed by atoms with van der Waals surface area (Å²) in [5.41, 5.74) is 3.50. The average Bonchev–Trinajstić information content (AvgIpc) is 2.40. The van der Waals surface area contributed by atoms with Crippen LogP contribution in [0.25, 0.3) is 0 Å². The van der Waals surface area contributed by atoms with Crippen molar-refractivity contribution in [2.24, 2.45) is 0 Å². The SMILES string of the molecule is COc1c(C)cc(C(CO)N2CCCCC2)cc1C. The maximum Gasteiger partial charge on any atom is 0.124 e. The zero-order valence-corrected chi connectivity index (χ0v) is 12.3. The molecule has 1 aliphatic heterocycles. The van der Waals surface area contributed by atoms with E-state index < -0.39 is 0 Å². The zero-order chi connectivity index (χ0) is 13.8. The molecule has 1 aromatic carbocycles. The first-order valence-corrected chi connectivity index (χ1v) is 7.17. The van der Waals surface area contributed by atoms with Crippen LogP contribution in [0.15, 0.2) is 12.1 Å². The Hall–Kier alpha value is -1.06. The Bertz CT molecular complexity index is 402. The minimum Gasteiger partial charge on any atom is -0.496 e. The van der Waals surface area contributed by atoms with Crippen LogP contribution in [0.1, 0.15) is 42.0 Å². The van der Waals surface area contributed by atoms with Gasteiger partial charge in [0.25, 0.3) is 0 Å². The second-order valence-corrected chi connectivity index (χ2v) is 5.48. The number of hydrogen-bond donors (Lipinski definition) is 1. The highest BCUT2D eigenvalue weighted by Crippen LogP contribution is 2.30. The molecule has 1 heterocycles. The van der Waals surface area contributed by atoms with Crippen LogP contribution in [-0.4, -0.2) is 36.8 Å². The molecule has 0 spiro atoms. The van der Waals surface area contributed by atoms with E-state index in [4.69, 9.17) is 4.74 Å². The smallest absolute Gasteiger partial charge is 0.124 e. The Morgan fingerprint density at radius 3 is 2.21 bits per heavy atom. The topological polar surface area (TPSA) is 32.7 Å². The van der Waals surface area contributed by atoms with E-state index in [2.05, 4.69) is 30.9 Å². The third-order valence-corrected chi connectivity index (χ3v) is 4.08. The molecule has 19 heavy (non-hydrogen) atoms. The lowest BCUT2D eigenvalue weighted by atomic mass is 9.98. The summed E-state index contributed by atoms with van der Waals surface area (Å²) >= 11 is 0. The van der Waals surface area contributed by atoms with Crippen molar-refractivity contribution in [3.05, 3.63) is 28.8 Å². The van der Waals surface area contributed by atoms with E-state index in [-0.39, 0.29) is 12.6 Å². The Labute approximate surface area is 116 Å². The fourth-order valence-corrected chi connectivity index (χ4v) is 3.16. The van der Waals surface area contributed by atoms with E-state index >= 15 is 0 Å². The van der Waals surface area contributed by atoms with E-state index in [1.54, 1.807) is 7.11 Å². The lowest BCUT2D eigenvalue weighted by Gasteiger charge is -2.34. The predicted octanol–water partition coefficient (Wildman–Crippen LogP) is 2.83. The second kappa shape index (κ2) is 6.40. The van der Waals surface area contributed by atoms with E-state index in [1.807, 2.05) is 0 Å². The number of likely N-dealkylation sites (tertiary alicyclic amines) is 1. The minimum absolute atomic E-state index is 0.128. The standard InChI is InChI=1S/C16H25NO2/c1-12-9-14(10-13(2)16(12)19-3)15(11-18)17-7-5-4-6-8-17/h9-10,15,18H,4-8,11H2,1-3H3. The number of methoxy groups -OCH3 is 1. The molecule has 0 aromatic heterocycles. The normalized spacial score (nSPS) is 18.3. The van der Waals surface area contributed by atoms with Crippen molar-refractivity contribution in [1.29, 1.82) is 0 Å².